The number of nitrogens with zero attached hydrogens (tertiary/aromatic N) is 2. The number of fused-ring (bicyclic) bond motifs is 6. The Hall–Kier alpha value is -9.33. The summed E-state index contributed by atoms with van der Waals surface area (Å²) in [5.74, 6) is -0.915. The highest BCUT2D eigenvalue weighted by Gasteiger charge is 2.27. The van der Waals surface area contributed by atoms with E-state index in [0.717, 1.165) is 127 Å². The Labute approximate surface area is 424 Å². The maximum atomic E-state index is 14.9. The maximum absolute atomic E-state index is 14.9. The lowest BCUT2D eigenvalue weighted by molar-refractivity contribution is 0.626. The van der Waals surface area contributed by atoms with Crippen LogP contribution in [-0.2, 0) is 0 Å². The fourth-order valence-electron chi connectivity index (χ4n) is 11.3. The van der Waals surface area contributed by atoms with Crippen LogP contribution in [-0.4, -0.2) is 0 Å². The summed E-state index contributed by atoms with van der Waals surface area (Å²) in [6.45, 7) is 9.97. The van der Waals surface area contributed by atoms with E-state index in [1.54, 1.807) is 36.4 Å². The van der Waals surface area contributed by atoms with Crippen molar-refractivity contribution in [1.29, 1.82) is 0 Å². The Bertz CT molecular complexity index is 4480. The molecule has 0 aliphatic carbocycles. The number of allylic oxidation sites excluding steroid dienone is 4. The Morgan fingerprint density at radius 2 is 0.919 bits per heavy atom. The molecule has 11 aromatic carbocycles. The van der Waals surface area contributed by atoms with Crippen LogP contribution >= 0.6 is 0 Å². The Morgan fingerprint density at radius 1 is 0.446 bits per heavy atom. The standard InChI is InChI=1S/C67H45F3N2O2/c1-5-11-46(12-6-2)71(60-19-9-17-54-52-15-7-13-50(64(52)73-66(54)60)48-33-27-44(69)37-39(48)3)58-35-23-41-22-32-57-59(36-24-42-21-31-56(58)62(41)63(42)57)72(47-29-25-43(68)26-30-47)61-20-10-18-55-53-16-8-14-51(65(53)74-67(55)61)49-34-28-45(70)38-40(49)4/h5-38H,1H2,2-4H3/b12-6-,46-11+. The minimum atomic E-state index is -0.341. The zero-order chi connectivity index (χ0) is 50.4. The van der Waals surface area contributed by atoms with Gasteiger partial charge in [0.05, 0.1) is 22.7 Å². The van der Waals surface area contributed by atoms with Crippen LogP contribution < -0.4 is 9.80 Å². The number of furan rings is 2. The van der Waals surface area contributed by atoms with Gasteiger partial charge < -0.3 is 18.6 Å². The molecule has 0 saturated carbocycles. The van der Waals surface area contributed by atoms with Gasteiger partial charge in [0.1, 0.15) is 28.6 Å². The first kappa shape index (κ1) is 44.6. The van der Waals surface area contributed by atoms with Crippen LogP contribution in [0.4, 0.5) is 41.6 Å². The van der Waals surface area contributed by atoms with Gasteiger partial charge in [-0.05, 0) is 150 Å². The van der Waals surface area contributed by atoms with Gasteiger partial charge >= 0.3 is 0 Å². The lowest BCUT2D eigenvalue weighted by Gasteiger charge is -2.29. The van der Waals surface area contributed by atoms with Crippen molar-refractivity contribution in [1.82, 2.24) is 0 Å². The van der Waals surface area contributed by atoms with Crippen LogP contribution in [0.15, 0.2) is 227 Å². The first-order valence-electron chi connectivity index (χ1n) is 24.6. The molecule has 7 heteroatoms. The molecule has 2 heterocycles. The smallest absolute Gasteiger partial charge is 0.159 e. The van der Waals surface area contributed by atoms with Gasteiger partial charge in [0, 0.05) is 54.8 Å². The van der Waals surface area contributed by atoms with Gasteiger partial charge in [-0.2, -0.15) is 0 Å². The average Bonchev–Trinajstić information content (AvgIpc) is 4.00. The van der Waals surface area contributed by atoms with E-state index < -0.39 is 0 Å². The van der Waals surface area contributed by atoms with Crippen LogP contribution in [0.5, 0.6) is 0 Å². The number of hydrogen-bond acceptors (Lipinski definition) is 4. The molecule has 74 heavy (non-hydrogen) atoms. The van der Waals surface area contributed by atoms with Gasteiger partial charge in [-0.25, -0.2) is 13.2 Å². The molecule has 4 nitrogen and oxygen atoms in total. The summed E-state index contributed by atoms with van der Waals surface area (Å²) in [5, 5.41) is 10.0. The van der Waals surface area contributed by atoms with E-state index in [1.165, 1.54) is 24.3 Å². The molecule has 0 fully saturated rings. The molecule has 0 saturated heterocycles. The Morgan fingerprint density at radius 3 is 1.46 bits per heavy atom. The number of aryl methyl sites for hydroxylation is 2. The van der Waals surface area contributed by atoms with E-state index >= 15 is 0 Å². The van der Waals surface area contributed by atoms with E-state index in [4.69, 9.17) is 8.83 Å². The minimum absolute atomic E-state index is 0.282. The SMILES string of the molecule is C=C/C=C(\C=C/C)N(c1ccc2ccc3c(N(c4ccc(F)cc4)c4cccc5c4oc4c(-c6ccc(F)cc6C)cccc45)ccc4ccc1c2c43)c1cccc2c1oc1c(-c3ccc(F)cc3C)cccc12. The molecular weight excluding hydrogens is 922 g/mol. The van der Waals surface area contributed by atoms with Crippen LogP contribution in [0.3, 0.4) is 0 Å². The largest absolute Gasteiger partial charge is 0.453 e. The third-order valence-electron chi connectivity index (χ3n) is 14.5. The lowest BCUT2D eigenvalue weighted by Crippen LogP contribution is -2.16. The van der Waals surface area contributed by atoms with Crippen molar-refractivity contribution in [2.24, 2.45) is 0 Å². The van der Waals surface area contributed by atoms with E-state index in [-0.39, 0.29) is 17.5 Å². The van der Waals surface area contributed by atoms with E-state index in [0.29, 0.717) is 16.7 Å². The second-order valence-corrected chi connectivity index (χ2v) is 18.9. The van der Waals surface area contributed by atoms with Crippen LogP contribution in [0.25, 0.3) is 98.4 Å². The highest BCUT2D eigenvalue weighted by molar-refractivity contribution is 6.29. The van der Waals surface area contributed by atoms with Crippen molar-refractivity contribution in [2.45, 2.75) is 20.8 Å². The summed E-state index contributed by atoms with van der Waals surface area (Å²) < 4.78 is 57.7. The Kier molecular flexibility index (Phi) is 10.5. The summed E-state index contributed by atoms with van der Waals surface area (Å²) >= 11 is 0. The molecule has 0 amide bonds. The first-order valence-corrected chi connectivity index (χ1v) is 24.6. The summed E-state index contributed by atoms with van der Waals surface area (Å²) in [4.78, 5) is 4.41. The van der Waals surface area contributed by atoms with E-state index in [2.05, 4.69) is 107 Å². The van der Waals surface area contributed by atoms with Gasteiger partial charge in [-0.15, -0.1) is 0 Å². The fourth-order valence-corrected chi connectivity index (χ4v) is 11.3. The molecule has 0 atom stereocenters. The predicted molar refractivity (Wildman–Crippen MR) is 301 cm³/mol. The van der Waals surface area contributed by atoms with Gasteiger partial charge in [0.2, 0.25) is 0 Å². The number of para-hydroxylation sites is 4. The number of hydrogen-bond donors (Lipinski definition) is 0. The summed E-state index contributed by atoms with van der Waals surface area (Å²) in [5.41, 5.74) is 13.0. The molecule has 2 aromatic heterocycles. The van der Waals surface area contributed by atoms with Crippen LogP contribution in [0.2, 0.25) is 0 Å². The van der Waals surface area contributed by atoms with Crippen molar-refractivity contribution in [3.63, 3.8) is 0 Å². The van der Waals surface area contributed by atoms with Crippen LogP contribution in [0, 0.1) is 31.3 Å². The topological polar surface area (TPSA) is 32.8 Å². The lowest BCUT2D eigenvalue weighted by atomic mass is 9.91. The van der Waals surface area contributed by atoms with Gasteiger partial charge in [-0.1, -0.05) is 128 Å². The molecule has 13 rings (SSSR count). The highest BCUT2D eigenvalue weighted by atomic mass is 19.1. The molecular formula is C67H45F3N2O2. The minimum Gasteiger partial charge on any atom is -0.453 e. The quantitative estimate of drug-likeness (QED) is 0.101. The summed E-state index contributed by atoms with van der Waals surface area (Å²) in [7, 11) is 0. The molecule has 0 radical (unpaired) electrons. The summed E-state index contributed by atoms with van der Waals surface area (Å²) in [6.07, 6.45) is 7.91. The normalized spacial score (nSPS) is 12.3. The predicted octanol–water partition coefficient (Wildman–Crippen LogP) is 20.0. The molecule has 356 valence electrons. The summed E-state index contributed by atoms with van der Waals surface area (Å²) in [6, 6.07) is 58.2. The molecule has 0 aliphatic rings. The Balaban J connectivity index is 1.04. The van der Waals surface area contributed by atoms with Crippen molar-refractivity contribution in [3.8, 4) is 22.3 Å². The third kappa shape index (κ3) is 6.99. The molecule has 0 N–H and O–H groups in total. The first-order chi connectivity index (χ1) is 36.2. The third-order valence-corrected chi connectivity index (χ3v) is 14.5. The zero-order valence-electron chi connectivity index (χ0n) is 40.7. The highest BCUT2D eigenvalue weighted by Crippen LogP contribution is 2.51. The van der Waals surface area contributed by atoms with Crippen molar-refractivity contribution in [2.75, 3.05) is 9.80 Å². The van der Waals surface area contributed by atoms with Crippen molar-refractivity contribution < 1.29 is 22.0 Å². The second-order valence-electron chi connectivity index (χ2n) is 18.9. The van der Waals surface area contributed by atoms with Gasteiger partial charge in [0.15, 0.2) is 11.2 Å². The van der Waals surface area contributed by atoms with Gasteiger partial charge in [0.25, 0.3) is 0 Å². The molecule has 0 unspecified atom stereocenters. The van der Waals surface area contributed by atoms with E-state index in [9.17, 15) is 13.2 Å². The van der Waals surface area contributed by atoms with Crippen molar-refractivity contribution >= 4 is 105 Å². The van der Waals surface area contributed by atoms with Gasteiger partial charge in [-0.3, -0.25) is 0 Å². The van der Waals surface area contributed by atoms with Crippen molar-refractivity contribution in [3.05, 3.63) is 247 Å². The molecule has 0 bridgehead atoms. The zero-order valence-corrected chi connectivity index (χ0v) is 40.7. The number of benzene rings is 11. The monoisotopic (exact) mass is 966 g/mol. The number of anilines is 5. The average molecular weight is 967 g/mol. The molecule has 0 aliphatic heterocycles. The molecule has 0 spiro atoms. The van der Waals surface area contributed by atoms with Crippen LogP contribution in [0.1, 0.15) is 18.1 Å². The fraction of sp³-hybridized carbons (Fsp3) is 0.0448. The van der Waals surface area contributed by atoms with E-state index in [1.807, 2.05) is 75.4 Å². The number of rotatable bonds is 10. The molecule has 13 aromatic rings. The maximum Gasteiger partial charge on any atom is 0.159 e. The second kappa shape index (κ2) is 17.5. The number of halogens is 3.